The van der Waals surface area contributed by atoms with Crippen molar-refractivity contribution >= 4 is 5.91 Å². The highest BCUT2D eigenvalue weighted by Crippen LogP contribution is 1.94. The maximum absolute atomic E-state index is 11.1. The Morgan fingerprint density at radius 2 is 1.92 bits per heavy atom. The van der Waals surface area contributed by atoms with E-state index in [0.29, 0.717) is 17.0 Å². The molecule has 13 heavy (non-hydrogen) atoms. The first-order valence-corrected chi connectivity index (χ1v) is 3.92. The van der Waals surface area contributed by atoms with Gasteiger partial charge in [-0.15, -0.1) is 0 Å². The van der Waals surface area contributed by atoms with Crippen LogP contribution in [0, 0.1) is 0 Å². The van der Waals surface area contributed by atoms with E-state index in [1.165, 1.54) is 0 Å². The van der Waals surface area contributed by atoms with Crippen LogP contribution in [-0.4, -0.2) is 13.0 Å². The Morgan fingerprint density at radius 3 is 2.31 bits per heavy atom. The number of allylic oxidation sites excluding steroid dienone is 1. The fraction of sp³-hybridized carbons (Fsp3) is 0.400. The van der Waals surface area contributed by atoms with Crippen molar-refractivity contribution in [3.8, 4) is 0 Å². The number of rotatable bonds is 3. The molecule has 0 saturated carbocycles. The predicted octanol–water partition coefficient (Wildman–Crippen LogP) is 1.73. The van der Waals surface area contributed by atoms with Crippen molar-refractivity contribution in [1.29, 1.82) is 0 Å². The van der Waals surface area contributed by atoms with E-state index in [4.69, 9.17) is 4.74 Å². The lowest BCUT2D eigenvalue weighted by Crippen LogP contribution is -2.21. The third-order valence-corrected chi connectivity index (χ3v) is 1.36. The van der Waals surface area contributed by atoms with Crippen molar-refractivity contribution < 1.29 is 9.53 Å². The molecule has 1 N–H and O–H groups in total. The van der Waals surface area contributed by atoms with Crippen LogP contribution in [0.15, 0.2) is 29.3 Å². The summed E-state index contributed by atoms with van der Waals surface area (Å²) in [7, 11) is 1.55. The molecule has 3 heteroatoms. The largest absolute Gasteiger partial charge is 0.493 e. The zero-order chi connectivity index (χ0) is 10.4. The number of amides is 1. The lowest BCUT2D eigenvalue weighted by molar-refractivity contribution is -0.116. The van der Waals surface area contributed by atoms with E-state index in [9.17, 15) is 4.79 Å². The number of hydrogen-bond acceptors (Lipinski definition) is 2. The average molecular weight is 181 g/mol. The number of hydrogen-bond donors (Lipinski definition) is 1. The molecular weight excluding hydrogens is 166 g/mol. The quantitative estimate of drug-likeness (QED) is 0.409. The number of nitrogens with one attached hydrogen (secondary N) is 1. The van der Waals surface area contributed by atoms with E-state index in [1.54, 1.807) is 27.9 Å². The third kappa shape index (κ3) is 4.88. The van der Waals surface area contributed by atoms with Gasteiger partial charge in [-0.3, -0.25) is 4.79 Å². The summed E-state index contributed by atoms with van der Waals surface area (Å²) in [6, 6.07) is 0. The Bertz CT molecular complexity index is 283. The minimum absolute atomic E-state index is 0.200. The Balaban J connectivity index is 4.48. The van der Waals surface area contributed by atoms with Crippen LogP contribution in [-0.2, 0) is 9.53 Å². The van der Waals surface area contributed by atoms with Gasteiger partial charge in [-0.2, -0.15) is 0 Å². The summed E-state index contributed by atoms with van der Waals surface area (Å²) in [5.74, 6) is 0.424. The van der Waals surface area contributed by atoms with E-state index in [-0.39, 0.29) is 5.91 Å². The van der Waals surface area contributed by atoms with E-state index in [0.717, 1.165) is 0 Å². The van der Waals surface area contributed by atoms with Crippen LogP contribution in [0.25, 0.3) is 0 Å². The second-order valence-corrected chi connectivity index (χ2v) is 2.74. The summed E-state index contributed by atoms with van der Waals surface area (Å²) in [4.78, 5) is 11.1. The van der Waals surface area contributed by atoms with E-state index >= 15 is 0 Å². The molecule has 0 aliphatic carbocycles. The standard InChI is InChI=1S/C10H15NO2/c1-7(2)10(12)11-8(3)6-9(4)13-5/h1H2,2-5H3,(H,11,12). The molecule has 0 rings (SSSR count). The molecule has 0 aromatic carbocycles. The molecule has 0 fully saturated rings. The van der Waals surface area contributed by atoms with Gasteiger partial charge >= 0.3 is 0 Å². The van der Waals surface area contributed by atoms with Crippen molar-refractivity contribution in [1.82, 2.24) is 5.32 Å². The normalized spacial score (nSPS) is 8.31. The molecule has 3 nitrogen and oxygen atoms in total. The second-order valence-electron chi connectivity index (χ2n) is 2.74. The molecule has 0 spiro atoms. The van der Waals surface area contributed by atoms with Gasteiger partial charge in [-0.1, -0.05) is 12.3 Å². The van der Waals surface area contributed by atoms with E-state index in [2.05, 4.69) is 17.6 Å². The molecule has 0 aromatic rings. The van der Waals surface area contributed by atoms with Crippen LogP contribution in [0.4, 0.5) is 0 Å². The third-order valence-electron chi connectivity index (χ3n) is 1.36. The predicted molar refractivity (Wildman–Crippen MR) is 51.9 cm³/mol. The van der Waals surface area contributed by atoms with Gasteiger partial charge in [0.1, 0.15) is 5.76 Å². The van der Waals surface area contributed by atoms with Gasteiger partial charge in [-0.05, 0) is 13.8 Å². The number of carbonyl (C=O) groups excluding carboxylic acids is 1. The lowest BCUT2D eigenvalue weighted by atomic mass is 10.3. The molecule has 0 unspecified atom stereocenters. The molecule has 0 atom stereocenters. The molecular formula is C10H15NO2. The summed E-state index contributed by atoms with van der Waals surface area (Å²) in [5, 5.41) is 2.61. The van der Waals surface area contributed by atoms with E-state index in [1.807, 2.05) is 0 Å². The smallest absolute Gasteiger partial charge is 0.250 e. The van der Waals surface area contributed by atoms with Gasteiger partial charge in [0.25, 0.3) is 5.91 Å². The van der Waals surface area contributed by atoms with Crippen LogP contribution in [0.5, 0.6) is 0 Å². The van der Waals surface area contributed by atoms with Crippen LogP contribution >= 0.6 is 0 Å². The first kappa shape index (κ1) is 11.5. The second kappa shape index (κ2) is 5.22. The van der Waals surface area contributed by atoms with Gasteiger partial charge in [-0.25, -0.2) is 0 Å². The molecule has 0 aliphatic rings. The molecule has 0 aromatic heterocycles. The van der Waals surface area contributed by atoms with Gasteiger partial charge in [0.15, 0.2) is 0 Å². The molecule has 0 bridgehead atoms. The van der Waals surface area contributed by atoms with Crippen molar-refractivity contribution in [2.75, 3.05) is 7.11 Å². The van der Waals surface area contributed by atoms with E-state index < -0.39 is 0 Å². The van der Waals surface area contributed by atoms with Crippen molar-refractivity contribution in [3.05, 3.63) is 29.3 Å². The fourth-order valence-corrected chi connectivity index (χ4v) is 0.623. The number of ether oxygens (including phenoxy) is 1. The minimum Gasteiger partial charge on any atom is -0.493 e. The Labute approximate surface area is 78.8 Å². The van der Waals surface area contributed by atoms with Gasteiger partial charge < -0.3 is 10.1 Å². The van der Waals surface area contributed by atoms with Crippen LogP contribution in [0.2, 0.25) is 0 Å². The highest BCUT2D eigenvalue weighted by molar-refractivity contribution is 5.93. The summed E-state index contributed by atoms with van der Waals surface area (Å²) in [5.41, 5.74) is 3.94. The molecule has 0 saturated heterocycles. The molecule has 0 radical (unpaired) electrons. The highest BCUT2D eigenvalue weighted by Gasteiger charge is 2.00. The molecule has 1 amide bonds. The summed E-state index contributed by atoms with van der Waals surface area (Å²) >= 11 is 0. The first-order chi connectivity index (χ1) is 5.97. The fourth-order valence-electron chi connectivity index (χ4n) is 0.623. The zero-order valence-electron chi connectivity index (χ0n) is 8.52. The van der Waals surface area contributed by atoms with Crippen LogP contribution in [0.3, 0.4) is 0 Å². The highest BCUT2D eigenvalue weighted by atomic mass is 16.5. The van der Waals surface area contributed by atoms with Crippen molar-refractivity contribution in [2.24, 2.45) is 0 Å². The van der Waals surface area contributed by atoms with Gasteiger partial charge in [0, 0.05) is 12.5 Å². The molecule has 72 valence electrons. The monoisotopic (exact) mass is 181 g/mol. The first-order valence-electron chi connectivity index (χ1n) is 3.92. The maximum atomic E-state index is 11.1. The topological polar surface area (TPSA) is 38.3 Å². The van der Waals surface area contributed by atoms with Crippen LogP contribution < -0.4 is 5.32 Å². The SMILES string of the molecule is C=C(C)C(=O)NC(C)=C=C(C)OC. The van der Waals surface area contributed by atoms with Gasteiger partial charge in [0.2, 0.25) is 0 Å². The van der Waals surface area contributed by atoms with Crippen LogP contribution in [0.1, 0.15) is 20.8 Å². The number of methoxy groups -OCH3 is 1. The van der Waals surface area contributed by atoms with Gasteiger partial charge in [0.05, 0.1) is 12.8 Å². The Hall–Kier alpha value is -1.47. The summed E-state index contributed by atoms with van der Waals surface area (Å²) in [6.07, 6.45) is 0. The molecule has 0 heterocycles. The number of carbonyl (C=O) groups is 1. The summed E-state index contributed by atoms with van der Waals surface area (Å²) < 4.78 is 4.87. The minimum atomic E-state index is -0.200. The maximum Gasteiger partial charge on any atom is 0.250 e. The summed E-state index contributed by atoms with van der Waals surface area (Å²) in [6.45, 7) is 8.66. The van der Waals surface area contributed by atoms with Crippen molar-refractivity contribution in [2.45, 2.75) is 20.8 Å². The average Bonchev–Trinajstić information content (AvgIpc) is 2.03. The Kier molecular flexibility index (Phi) is 4.63. The lowest BCUT2D eigenvalue weighted by Gasteiger charge is -2.01. The molecule has 0 aliphatic heterocycles. The van der Waals surface area contributed by atoms with Crippen molar-refractivity contribution in [3.63, 3.8) is 0 Å². The zero-order valence-corrected chi connectivity index (χ0v) is 8.52. The Morgan fingerprint density at radius 1 is 1.38 bits per heavy atom.